The Morgan fingerprint density at radius 1 is 1.00 bits per heavy atom. The fourth-order valence-electron chi connectivity index (χ4n) is 4.54. The minimum absolute atomic E-state index is 0.0806. The molecule has 4 rings (SSSR count). The monoisotopic (exact) mass is 547 g/mol. The number of hydrogen-bond donors (Lipinski definition) is 3. The molecule has 0 spiro atoms. The highest BCUT2D eigenvalue weighted by molar-refractivity contribution is 6.00. The maximum atomic E-state index is 13.7. The van der Waals surface area contributed by atoms with Crippen molar-refractivity contribution < 1.29 is 28.8 Å². The molecule has 2 atom stereocenters. The second kappa shape index (κ2) is 13.8. The van der Waals surface area contributed by atoms with Crippen LogP contribution in [0.4, 0.5) is 0 Å². The summed E-state index contributed by atoms with van der Waals surface area (Å²) in [7, 11) is 3.21. The summed E-state index contributed by atoms with van der Waals surface area (Å²) >= 11 is 0. The number of rotatable bonds is 14. The van der Waals surface area contributed by atoms with Crippen LogP contribution in [0, 0.1) is 0 Å². The SMILES string of the molecule is COc1ccc(CCNNC(=O)[C@@]2(Cc3ccccc3)N=C(c3ccc(OCCCO)cc3)O[C@H]2C)cc1OC. The molecule has 1 aliphatic heterocycles. The molecular formula is C31H37N3O6. The fraction of sp³-hybridized carbons (Fsp3) is 0.355. The van der Waals surface area contributed by atoms with Gasteiger partial charge in [-0.3, -0.25) is 10.2 Å². The van der Waals surface area contributed by atoms with E-state index in [1.165, 1.54) is 0 Å². The Morgan fingerprint density at radius 3 is 2.45 bits per heavy atom. The lowest BCUT2D eigenvalue weighted by Crippen LogP contribution is -2.56. The quantitative estimate of drug-likeness (QED) is 0.209. The number of nitrogens with zero attached hydrogens (tertiary/aromatic N) is 1. The van der Waals surface area contributed by atoms with E-state index in [1.54, 1.807) is 14.2 Å². The van der Waals surface area contributed by atoms with Gasteiger partial charge in [-0.15, -0.1) is 0 Å². The predicted octanol–water partition coefficient (Wildman–Crippen LogP) is 3.48. The normalized spacial score (nSPS) is 18.0. The topological polar surface area (TPSA) is 111 Å². The molecule has 40 heavy (non-hydrogen) atoms. The zero-order chi connectivity index (χ0) is 28.4. The molecule has 0 aromatic heterocycles. The lowest BCUT2D eigenvalue weighted by Gasteiger charge is -2.28. The number of amides is 1. The Bertz CT molecular complexity index is 1280. The van der Waals surface area contributed by atoms with Crippen LogP contribution in [-0.4, -0.2) is 62.5 Å². The van der Waals surface area contributed by atoms with Gasteiger partial charge in [0, 0.05) is 31.6 Å². The van der Waals surface area contributed by atoms with E-state index in [4.69, 9.17) is 29.0 Å². The summed E-state index contributed by atoms with van der Waals surface area (Å²) in [5.41, 5.74) is 7.55. The summed E-state index contributed by atoms with van der Waals surface area (Å²) in [4.78, 5) is 18.6. The minimum Gasteiger partial charge on any atom is -0.494 e. The van der Waals surface area contributed by atoms with Gasteiger partial charge >= 0.3 is 0 Å². The number of carbonyl (C=O) groups is 1. The molecule has 0 bridgehead atoms. The van der Waals surface area contributed by atoms with Gasteiger partial charge in [0.15, 0.2) is 17.0 Å². The summed E-state index contributed by atoms with van der Waals surface area (Å²) in [6.45, 7) is 2.89. The highest BCUT2D eigenvalue weighted by Gasteiger charge is 2.50. The van der Waals surface area contributed by atoms with Gasteiger partial charge in [-0.1, -0.05) is 36.4 Å². The summed E-state index contributed by atoms with van der Waals surface area (Å²) in [6.07, 6.45) is 1.11. The molecule has 3 N–H and O–H groups in total. The van der Waals surface area contributed by atoms with Crippen molar-refractivity contribution in [1.82, 2.24) is 10.9 Å². The minimum atomic E-state index is -1.16. The van der Waals surface area contributed by atoms with Crippen LogP contribution in [0.5, 0.6) is 17.2 Å². The van der Waals surface area contributed by atoms with Crippen LogP contribution in [0.1, 0.15) is 30.0 Å². The molecule has 0 saturated carbocycles. The fourth-order valence-corrected chi connectivity index (χ4v) is 4.54. The average Bonchev–Trinajstić information content (AvgIpc) is 3.32. The van der Waals surface area contributed by atoms with Gasteiger partial charge in [-0.05, 0) is 60.9 Å². The van der Waals surface area contributed by atoms with Crippen molar-refractivity contribution in [2.45, 2.75) is 37.8 Å². The van der Waals surface area contributed by atoms with Crippen molar-refractivity contribution >= 4 is 11.8 Å². The summed E-state index contributed by atoms with van der Waals surface area (Å²) in [6, 6.07) is 22.9. The van der Waals surface area contributed by atoms with Crippen LogP contribution in [0.3, 0.4) is 0 Å². The molecule has 3 aromatic carbocycles. The Hall–Kier alpha value is -4.08. The standard InChI is InChI=1S/C31H37N3O6/c1-22-31(21-24-8-5-4-6-9-24,33-29(40-22)25-11-13-26(14-12-25)39-19-7-18-35)30(36)34-32-17-16-23-10-15-27(37-2)28(20-23)38-3/h4-6,8-15,20,22,32,35H,7,16-19,21H2,1-3H3,(H,34,36)/t22-,31-/m0/s1. The van der Waals surface area contributed by atoms with Crippen molar-refractivity contribution in [3.8, 4) is 17.2 Å². The number of ether oxygens (including phenoxy) is 4. The molecule has 1 aliphatic rings. The van der Waals surface area contributed by atoms with E-state index in [1.807, 2.05) is 79.7 Å². The van der Waals surface area contributed by atoms with Crippen molar-refractivity contribution in [3.63, 3.8) is 0 Å². The summed E-state index contributed by atoms with van der Waals surface area (Å²) < 4.78 is 22.5. The molecule has 0 radical (unpaired) electrons. The van der Waals surface area contributed by atoms with Gasteiger partial charge < -0.3 is 24.1 Å². The maximum absolute atomic E-state index is 13.7. The molecule has 0 unspecified atom stereocenters. The number of carbonyl (C=O) groups excluding carboxylic acids is 1. The second-order valence-electron chi connectivity index (χ2n) is 9.53. The first-order valence-electron chi connectivity index (χ1n) is 13.4. The predicted molar refractivity (Wildman–Crippen MR) is 153 cm³/mol. The Labute approximate surface area is 235 Å². The Kier molecular flexibility index (Phi) is 9.99. The third-order valence-corrected chi connectivity index (χ3v) is 6.83. The molecule has 212 valence electrons. The number of nitrogens with one attached hydrogen (secondary N) is 2. The summed E-state index contributed by atoms with van der Waals surface area (Å²) in [5.74, 6) is 2.16. The highest BCUT2D eigenvalue weighted by Crippen LogP contribution is 2.33. The number of aliphatic hydroxyl groups is 1. The van der Waals surface area contributed by atoms with Gasteiger partial charge in [0.1, 0.15) is 11.9 Å². The van der Waals surface area contributed by atoms with E-state index in [0.717, 1.165) is 16.7 Å². The third kappa shape index (κ3) is 6.91. The first-order chi connectivity index (χ1) is 19.5. The first-order valence-corrected chi connectivity index (χ1v) is 13.4. The van der Waals surface area contributed by atoms with Crippen LogP contribution < -0.4 is 25.1 Å². The molecule has 1 amide bonds. The van der Waals surface area contributed by atoms with Gasteiger partial charge in [-0.2, -0.15) is 0 Å². The molecule has 0 aliphatic carbocycles. The zero-order valence-corrected chi connectivity index (χ0v) is 23.2. The molecule has 0 fully saturated rings. The van der Waals surface area contributed by atoms with Crippen LogP contribution in [0.2, 0.25) is 0 Å². The van der Waals surface area contributed by atoms with Gasteiger partial charge in [0.05, 0.1) is 20.8 Å². The van der Waals surface area contributed by atoms with E-state index in [-0.39, 0.29) is 12.5 Å². The average molecular weight is 548 g/mol. The largest absolute Gasteiger partial charge is 0.494 e. The van der Waals surface area contributed by atoms with E-state index in [0.29, 0.717) is 55.6 Å². The Morgan fingerprint density at radius 2 is 1.75 bits per heavy atom. The third-order valence-electron chi connectivity index (χ3n) is 6.83. The number of hydrazine groups is 1. The van der Waals surface area contributed by atoms with Crippen molar-refractivity contribution in [2.75, 3.05) is 34.0 Å². The molecular weight excluding hydrogens is 510 g/mol. The molecule has 9 heteroatoms. The first kappa shape index (κ1) is 28.9. The molecule has 0 saturated heterocycles. The van der Waals surface area contributed by atoms with Crippen LogP contribution >= 0.6 is 0 Å². The number of benzene rings is 3. The molecule has 9 nitrogen and oxygen atoms in total. The van der Waals surface area contributed by atoms with Crippen molar-refractivity contribution in [1.29, 1.82) is 0 Å². The Balaban J connectivity index is 1.47. The number of methoxy groups -OCH3 is 2. The van der Waals surface area contributed by atoms with Crippen molar-refractivity contribution in [2.24, 2.45) is 4.99 Å². The second-order valence-corrected chi connectivity index (χ2v) is 9.53. The van der Waals surface area contributed by atoms with E-state index < -0.39 is 11.6 Å². The zero-order valence-electron chi connectivity index (χ0n) is 23.2. The smallest absolute Gasteiger partial charge is 0.266 e. The van der Waals surface area contributed by atoms with Crippen LogP contribution in [-0.2, 0) is 22.4 Å². The molecule has 3 aromatic rings. The van der Waals surface area contributed by atoms with Crippen LogP contribution in [0.25, 0.3) is 0 Å². The number of aliphatic imine (C=N–C) groups is 1. The van der Waals surface area contributed by atoms with E-state index in [9.17, 15) is 4.79 Å². The number of aliphatic hydroxyl groups excluding tert-OH is 1. The number of hydrogen-bond acceptors (Lipinski definition) is 8. The lowest BCUT2D eigenvalue weighted by molar-refractivity contribution is -0.129. The van der Waals surface area contributed by atoms with Gasteiger partial charge in [0.2, 0.25) is 5.90 Å². The van der Waals surface area contributed by atoms with Crippen molar-refractivity contribution in [3.05, 3.63) is 89.5 Å². The lowest BCUT2D eigenvalue weighted by atomic mass is 9.86. The highest BCUT2D eigenvalue weighted by atomic mass is 16.5. The van der Waals surface area contributed by atoms with Gasteiger partial charge in [0.25, 0.3) is 5.91 Å². The molecule has 1 heterocycles. The van der Waals surface area contributed by atoms with E-state index in [2.05, 4.69) is 10.9 Å². The van der Waals surface area contributed by atoms with E-state index >= 15 is 0 Å². The van der Waals surface area contributed by atoms with Gasteiger partial charge in [-0.25, -0.2) is 10.4 Å². The van der Waals surface area contributed by atoms with Crippen LogP contribution in [0.15, 0.2) is 77.8 Å². The summed E-state index contributed by atoms with van der Waals surface area (Å²) in [5, 5.41) is 8.96. The maximum Gasteiger partial charge on any atom is 0.266 e.